The second-order valence-electron chi connectivity index (χ2n) is 5.43. The smallest absolute Gasteiger partial charge is 0.149 e. The molecular formula is C18H18ClN5. The van der Waals surface area contributed by atoms with E-state index in [0.29, 0.717) is 11.0 Å². The minimum Gasteiger partial charge on any atom is -0.381 e. The van der Waals surface area contributed by atoms with E-state index in [1.807, 2.05) is 30.5 Å². The van der Waals surface area contributed by atoms with Crippen LogP contribution in [0, 0.1) is 0 Å². The molecule has 122 valence electrons. The van der Waals surface area contributed by atoms with Crippen molar-refractivity contribution in [3.8, 4) is 0 Å². The van der Waals surface area contributed by atoms with Crippen LogP contribution < -0.4 is 10.6 Å². The summed E-state index contributed by atoms with van der Waals surface area (Å²) in [5.41, 5.74) is 3.35. The number of pyridine rings is 1. The van der Waals surface area contributed by atoms with Crippen LogP contribution in [-0.4, -0.2) is 15.0 Å². The summed E-state index contributed by atoms with van der Waals surface area (Å²) >= 11 is 5.87. The van der Waals surface area contributed by atoms with Crippen LogP contribution in [0.3, 0.4) is 0 Å². The first-order valence-electron chi connectivity index (χ1n) is 7.67. The summed E-state index contributed by atoms with van der Waals surface area (Å²) in [5, 5.41) is 7.09. The van der Waals surface area contributed by atoms with Gasteiger partial charge in [0.15, 0.2) is 0 Å². The highest BCUT2D eigenvalue weighted by atomic mass is 35.5. The molecule has 0 aliphatic heterocycles. The zero-order valence-electron chi connectivity index (χ0n) is 13.3. The Labute approximate surface area is 146 Å². The van der Waals surface area contributed by atoms with Crippen molar-refractivity contribution < 1.29 is 0 Å². The number of anilines is 2. The van der Waals surface area contributed by atoms with Crippen LogP contribution in [0.2, 0.25) is 5.15 Å². The molecule has 0 aliphatic rings. The molecule has 2 heterocycles. The molecule has 3 rings (SSSR count). The van der Waals surface area contributed by atoms with E-state index < -0.39 is 0 Å². The van der Waals surface area contributed by atoms with Crippen molar-refractivity contribution >= 4 is 23.1 Å². The molecule has 0 spiro atoms. The lowest BCUT2D eigenvalue weighted by molar-refractivity contribution is 0.871. The SMILES string of the molecule is C[C@H](Nc1cncc(Cl)n1)c1cccc(NCc2cccnc2)c1. The van der Waals surface area contributed by atoms with Crippen LogP contribution in [0.15, 0.2) is 61.2 Å². The Morgan fingerprint density at radius 1 is 1.08 bits per heavy atom. The average molecular weight is 340 g/mol. The van der Waals surface area contributed by atoms with Crippen LogP contribution in [0.25, 0.3) is 0 Å². The van der Waals surface area contributed by atoms with Gasteiger partial charge in [0, 0.05) is 24.6 Å². The topological polar surface area (TPSA) is 62.7 Å². The zero-order chi connectivity index (χ0) is 16.8. The van der Waals surface area contributed by atoms with E-state index in [2.05, 4.69) is 44.6 Å². The summed E-state index contributed by atoms with van der Waals surface area (Å²) in [4.78, 5) is 12.4. The number of hydrogen-bond acceptors (Lipinski definition) is 5. The van der Waals surface area contributed by atoms with Crippen molar-refractivity contribution in [3.05, 3.63) is 77.5 Å². The lowest BCUT2D eigenvalue weighted by atomic mass is 10.1. The quantitative estimate of drug-likeness (QED) is 0.700. The van der Waals surface area contributed by atoms with Gasteiger partial charge < -0.3 is 10.6 Å². The number of benzene rings is 1. The molecule has 24 heavy (non-hydrogen) atoms. The normalized spacial score (nSPS) is 11.8. The van der Waals surface area contributed by atoms with Crippen LogP contribution in [0.4, 0.5) is 11.5 Å². The van der Waals surface area contributed by atoms with Gasteiger partial charge in [0.1, 0.15) is 11.0 Å². The van der Waals surface area contributed by atoms with Crippen LogP contribution in [-0.2, 0) is 6.54 Å². The maximum absolute atomic E-state index is 5.87. The van der Waals surface area contributed by atoms with Crippen molar-refractivity contribution in [2.45, 2.75) is 19.5 Å². The molecule has 3 aromatic rings. The van der Waals surface area contributed by atoms with Gasteiger partial charge in [-0.3, -0.25) is 9.97 Å². The van der Waals surface area contributed by atoms with E-state index in [-0.39, 0.29) is 6.04 Å². The van der Waals surface area contributed by atoms with Gasteiger partial charge in [-0.1, -0.05) is 29.8 Å². The fourth-order valence-electron chi connectivity index (χ4n) is 2.34. The van der Waals surface area contributed by atoms with Crippen molar-refractivity contribution in [2.75, 3.05) is 10.6 Å². The fraction of sp³-hybridized carbons (Fsp3) is 0.167. The summed E-state index contributed by atoms with van der Waals surface area (Å²) in [6.07, 6.45) is 6.81. The van der Waals surface area contributed by atoms with Gasteiger partial charge in [-0.2, -0.15) is 0 Å². The first kappa shape index (κ1) is 16.2. The van der Waals surface area contributed by atoms with E-state index in [4.69, 9.17) is 11.6 Å². The highest BCUT2D eigenvalue weighted by Gasteiger charge is 2.07. The predicted octanol–water partition coefficient (Wildman–Crippen LogP) is 4.31. The van der Waals surface area contributed by atoms with Crippen molar-refractivity contribution in [3.63, 3.8) is 0 Å². The van der Waals surface area contributed by atoms with Gasteiger partial charge in [-0.25, -0.2) is 4.98 Å². The molecule has 0 fully saturated rings. The van der Waals surface area contributed by atoms with E-state index >= 15 is 0 Å². The van der Waals surface area contributed by atoms with Crippen LogP contribution in [0.1, 0.15) is 24.1 Å². The standard InChI is InChI=1S/C18H18ClN5/c1-13(23-18-12-21-11-17(19)24-18)15-5-2-6-16(8-15)22-10-14-4-3-7-20-9-14/h2-9,11-13,22H,10H2,1H3,(H,23,24)/t13-/m0/s1. The average Bonchev–Trinajstić information content (AvgIpc) is 2.61. The molecule has 6 heteroatoms. The molecule has 0 aliphatic carbocycles. The summed E-state index contributed by atoms with van der Waals surface area (Å²) in [6, 6.07) is 12.3. The monoisotopic (exact) mass is 339 g/mol. The van der Waals surface area contributed by atoms with E-state index in [1.165, 1.54) is 6.20 Å². The third-order valence-corrected chi connectivity index (χ3v) is 3.76. The molecule has 5 nitrogen and oxygen atoms in total. The molecule has 1 aromatic carbocycles. The highest BCUT2D eigenvalue weighted by molar-refractivity contribution is 6.29. The Morgan fingerprint density at radius 2 is 2.00 bits per heavy atom. The first-order valence-corrected chi connectivity index (χ1v) is 8.05. The Balaban J connectivity index is 1.65. The molecule has 0 amide bonds. The third-order valence-electron chi connectivity index (χ3n) is 3.58. The van der Waals surface area contributed by atoms with Crippen molar-refractivity contribution in [1.82, 2.24) is 15.0 Å². The maximum Gasteiger partial charge on any atom is 0.149 e. The maximum atomic E-state index is 5.87. The second kappa shape index (κ2) is 7.75. The van der Waals surface area contributed by atoms with Gasteiger partial charge in [-0.05, 0) is 36.2 Å². The molecule has 2 N–H and O–H groups in total. The molecule has 2 aromatic heterocycles. The Kier molecular flexibility index (Phi) is 5.23. The molecule has 1 atom stereocenters. The number of hydrogen-bond donors (Lipinski definition) is 2. The first-order chi connectivity index (χ1) is 11.7. The van der Waals surface area contributed by atoms with Gasteiger partial charge in [0.25, 0.3) is 0 Å². The summed E-state index contributed by atoms with van der Waals surface area (Å²) < 4.78 is 0. The number of nitrogens with one attached hydrogen (secondary N) is 2. The zero-order valence-corrected chi connectivity index (χ0v) is 14.0. The second-order valence-corrected chi connectivity index (χ2v) is 5.82. The fourth-order valence-corrected chi connectivity index (χ4v) is 2.49. The number of nitrogens with zero attached hydrogens (tertiary/aromatic N) is 3. The summed E-state index contributed by atoms with van der Waals surface area (Å²) in [7, 11) is 0. The minimum atomic E-state index is 0.0814. The largest absolute Gasteiger partial charge is 0.381 e. The molecule has 0 bridgehead atoms. The molecular weight excluding hydrogens is 322 g/mol. The number of rotatable bonds is 6. The lowest BCUT2D eigenvalue weighted by Gasteiger charge is -2.16. The van der Waals surface area contributed by atoms with Gasteiger partial charge in [-0.15, -0.1) is 0 Å². The lowest BCUT2D eigenvalue weighted by Crippen LogP contribution is -2.09. The number of halogens is 1. The molecule has 0 unspecified atom stereocenters. The van der Waals surface area contributed by atoms with Crippen molar-refractivity contribution in [2.24, 2.45) is 0 Å². The minimum absolute atomic E-state index is 0.0814. The van der Waals surface area contributed by atoms with Gasteiger partial charge in [0.05, 0.1) is 18.4 Å². The number of aromatic nitrogens is 3. The van der Waals surface area contributed by atoms with Gasteiger partial charge in [0.2, 0.25) is 0 Å². The van der Waals surface area contributed by atoms with E-state index in [1.54, 1.807) is 12.4 Å². The molecule has 0 saturated heterocycles. The highest BCUT2D eigenvalue weighted by Crippen LogP contribution is 2.21. The molecule has 0 radical (unpaired) electrons. The van der Waals surface area contributed by atoms with Crippen LogP contribution in [0.5, 0.6) is 0 Å². The summed E-state index contributed by atoms with van der Waals surface area (Å²) in [5.74, 6) is 0.656. The van der Waals surface area contributed by atoms with Gasteiger partial charge >= 0.3 is 0 Å². The third kappa shape index (κ3) is 4.43. The predicted molar refractivity (Wildman–Crippen MR) is 97.1 cm³/mol. The van der Waals surface area contributed by atoms with Crippen molar-refractivity contribution in [1.29, 1.82) is 0 Å². The van der Waals surface area contributed by atoms with Crippen LogP contribution >= 0.6 is 11.6 Å². The molecule has 0 saturated carbocycles. The Bertz CT molecular complexity index is 794. The Morgan fingerprint density at radius 3 is 2.79 bits per heavy atom. The Hall–Kier alpha value is -2.66. The van der Waals surface area contributed by atoms with E-state index in [9.17, 15) is 0 Å². The van der Waals surface area contributed by atoms with E-state index in [0.717, 1.165) is 23.4 Å². The summed E-state index contributed by atoms with van der Waals surface area (Å²) in [6.45, 7) is 2.81.